The molecule has 0 radical (unpaired) electrons. The first-order valence-electron chi connectivity index (χ1n) is 13.3. The van der Waals surface area contributed by atoms with Crippen LogP contribution in [-0.2, 0) is 24.1 Å². The summed E-state index contributed by atoms with van der Waals surface area (Å²) in [5.41, 5.74) is 8.58. The van der Waals surface area contributed by atoms with Gasteiger partial charge in [-0.05, 0) is 71.5 Å². The maximum absolute atomic E-state index is 5.49. The number of benzene rings is 3. The quantitative estimate of drug-likeness (QED) is 0.274. The van der Waals surface area contributed by atoms with Gasteiger partial charge in [0.2, 0.25) is 0 Å². The van der Waals surface area contributed by atoms with Gasteiger partial charge >= 0.3 is 0 Å². The lowest BCUT2D eigenvalue weighted by molar-refractivity contribution is 0.0342. The number of H-pyrrole nitrogens is 2. The van der Waals surface area contributed by atoms with Gasteiger partial charge < -0.3 is 19.2 Å². The monoisotopic (exact) mass is 523 g/mol. The van der Waals surface area contributed by atoms with Crippen molar-refractivity contribution in [1.82, 2.24) is 25.1 Å². The predicted octanol–water partition coefficient (Wildman–Crippen LogP) is 5.25. The maximum atomic E-state index is 5.49. The number of nitrogens with zero attached hydrogens (tertiary/aromatic N) is 3. The van der Waals surface area contributed by atoms with Crippen LogP contribution in [0.4, 0.5) is 0 Å². The number of aromatic amines is 2. The summed E-state index contributed by atoms with van der Waals surface area (Å²) >= 11 is 0. The molecule has 2 N–H and O–H groups in total. The Morgan fingerprint density at radius 1 is 0.846 bits per heavy atom. The molecule has 2 aromatic heterocycles. The van der Waals surface area contributed by atoms with Crippen molar-refractivity contribution in [2.24, 2.45) is 0 Å². The van der Waals surface area contributed by atoms with E-state index in [0.29, 0.717) is 0 Å². The number of morpholine rings is 1. The largest absolute Gasteiger partial charge is 0.497 e. The van der Waals surface area contributed by atoms with E-state index < -0.39 is 0 Å². The fourth-order valence-corrected chi connectivity index (χ4v) is 5.07. The van der Waals surface area contributed by atoms with Gasteiger partial charge in [-0.2, -0.15) is 5.10 Å². The summed E-state index contributed by atoms with van der Waals surface area (Å²) in [4.78, 5) is 10.7. The second-order valence-electron chi connectivity index (χ2n) is 9.91. The van der Waals surface area contributed by atoms with Gasteiger partial charge in [0.15, 0.2) is 5.82 Å². The van der Waals surface area contributed by atoms with Crippen molar-refractivity contribution in [1.29, 1.82) is 0 Å². The summed E-state index contributed by atoms with van der Waals surface area (Å²) in [6.07, 6.45) is 1.65. The number of nitrogens with one attached hydrogen (secondary N) is 2. The van der Waals surface area contributed by atoms with Crippen LogP contribution in [0.1, 0.15) is 16.8 Å². The molecule has 1 saturated heterocycles. The number of fused-ring (bicyclic) bond motifs is 1. The highest BCUT2D eigenvalue weighted by Crippen LogP contribution is 2.27. The van der Waals surface area contributed by atoms with Crippen molar-refractivity contribution in [3.05, 3.63) is 83.6 Å². The van der Waals surface area contributed by atoms with Gasteiger partial charge in [0.1, 0.15) is 17.2 Å². The van der Waals surface area contributed by atoms with Crippen molar-refractivity contribution < 1.29 is 14.2 Å². The average molecular weight is 524 g/mol. The van der Waals surface area contributed by atoms with Crippen LogP contribution in [0.15, 0.2) is 66.7 Å². The molecule has 1 aliphatic heterocycles. The molecular formula is C31H33N5O3. The first-order chi connectivity index (χ1) is 19.2. The normalized spacial score (nSPS) is 14.1. The molecule has 200 valence electrons. The number of aromatic nitrogens is 4. The zero-order valence-electron chi connectivity index (χ0n) is 22.4. The van der Waals surface area contributed by atoms with Gasteiger partial charge in [0.05, 0.1) is 38.5 Å². The van der Waals surface area contributed by atoms with E-state index in [1.165, 1.54) is 11.1 Å². The minimum absolute atomic E-state index is 0.758. The molecule has 0 saturated carbocycles. The summed E-state index contributed by atoms with van der Waals surface area (Å²) in [6, 6.07) is 23.2. The van der Waals surface area contributed by atoms with E-state index in [4.69, 9.17) is 19.2 Å². The summed E-state index contributed by atoms with van der Waals surface area (Å²) in [5.74, 6) is 2.34. The summed E-state index contributed by atoms with van der Waals surface area (Å²) in [5, 5.41) is 7.70. The molecule has 3 aromatic carbocycles. The minimum atomic E-state index is 0.758. The van der Waals surface area contributed by atoms with E-state index in [1.807, 2.05) is 18.2 Å². The molecule has 0 amide bonds. The lowest BCUT2D eigenvalue weighted by Gasteiger charge is -2.26. The topological polar surface area (TPSA) is 88.3 Å². The van der Waals surface area contributed by atoms with Crippen LogP contribution < -0.4 is 9.47 Å². The molecule has 1 aliphatic rings. The van der Waals surface area contributed by atoms with Crippen molar-refractivity contribution in [2.45, 2.75) is 19.4 Å². The van der Waals surface area contributed by atoms with E-state index in [-0.39, 0.29) is 0 Å². The minimum Gasteiger partial charge on any atom is -0.497 e. The molecule has 3 heterocycles. The Morgan fingerprint density at radius 2 is 1.64 bits per heavy atom. The number of hydrogen-bond acceptors (Lipinski definition) is 6. The van der Waals surface area contributed by atoms with E-state index >= 15 is 0 Å². The zero-order chi connectivity index (χ0) is 26.6. The van der Waals surface area contributed by atoms with Crippen LogP contribution in [0.25, 0.3) is 33.7 Å². The van der Waals surface area contributed by atoms with Crippen molar-refractivity contribution in [2.75, 3.05) is 40.5 Å². The lowest BCUT2D eigenvalue weighted by Crippen LogP contribution is -2.35. The Morgan fingerprint density at radius 3 is 2.44 bits per heavy atom. The van der Waals surface area contributed by atoms with Gasteiger partial charge in [-0.1, -0.05) is 24.3 Å². The number of methoxy groups -OCH3 is 2. The molecule has 39 heavy (non-hydrogen) atoms. The highest BCUT2D eigenvalue weighted by molar-refractivity contribution is 5.84. The first kappa shape index (κ1) is 25.2. The maximum Gasteiger partial charge on any atom is 0.159 e. The molecule has 8 heteroatoms. The molecule has 8 nitrogen and oxygen atoms in total. The Kier molecular flexibility index (Phi) is 7.29. The Bertz CT molecular complexity index is 1550. The van der Waals surface area contributed by atoms with E-state index in [9.17, 15) is 0 Å². The third-order valence-corrected chi connectivity index (χ3v) is 7.22. The van der Waals surface area contributed by atoms with Crippen molar-refractivity contribution in [3.63, 3.8) is 0 Å². The fourth-order valence-electron chi connectivity index (χ4n) is 5.07. The summed E-state index contributed by atoms with van der Waals surface area (Å²) < 4.78 is 16.3. The SMILES string of the molecule is COc1cc(CCc2cc(-c3nc4cc(-c5cccc(CN6CCOCC6)c5)ccc4[nH]3)n[nH]2)cc(OC)c1. The third-order valence-electron chi connectivity index (χ3n) is 7.22. The Labute approximate surface area is 227 Å². The van der Waals surface area contributed by atoms with Crippen LogP contribution in [0.3, 0.4) is 0 Å². The number of imidazole rings is 1. The summed E-state index contributed by atoms with van der Waals surface area (Å²) in [7, 11) is 3.33. The van der Waals surface area contributed by atoms with Crippen molar-refractivity contribution >= 4 is 11.0 Å². The average Bonchev–Trinajstić information content (AvgIpc) is 3.63. The van der Waals surface area contributed by atoms with E-state index in [1.54, 1.807) is 14.2 Å². The molecule has 5 aromatic rings. The van der Waals surface area contributed by atoms with Gasteiger partial charge in [0, 0.05) is 31.4 Å². The van der Waals surface area contributed by atoms with Crippen LogP contribution in [-0.4, -0.2) is 65.6 Å². The predicted molar refractivity (Wildman–Crippen MR) is 152 cm³/mol. The highest BCUT2D eigenvalue weighted by Gasteiger charge is 2.13. The number of hydrogen-bond donors (Lipinski definition) is 2. The third kappa shape index (κ3) is 5.82. The standard InChI is InChI=1S/C31H33N5O3/c1-37-26-15-21(16-27(19-26)38-2)6-8-25-18-30(35-34-25)31-32-28-9-7-24(17-29(28)33-31)23-5-3-4-22(14-23)20-36-10-12-39-13-11-36/h3-5,7,9,14-19H,6,8,10-13,20H2,1-2H3,(H,32,33)(H,34,35). The van der Waals surface area contributed by atoms with Crippen LogP contribution in [0, 0.1) is 0 Å². The Hall–Kier alpha value is -4.14. The first-order valence-corrected chi connectivity index (χ1v) is 13.3. The fraction of sp³-hybridized carbons (Fsp3) is 0.290. The Balaban J connectivity index is 1.16. The molecule has 6 rings (SSSR count). The number of rotatable bonds is 9. The van der Waals surface area contributed by atoms with E-state index in [0.717, 1.165) is 96.6 Å². The zero-order valence-corrected chi connectivity index (χ0v) is 22.4. The van der Waals surface area contributed by atoms with Crippen LogP contribution >= 0.6 is 0 Å². The van der Waals surface area contributed by atoms with Crippen LogP contribution in [0.5, 0.6) is 11.5 Å². The second-order valence-corrected chi connectivity index (χ2v) is 9.91. The molecule has 1 fully saturated rings. The molecule has 0 spiro atoms. The highest BCUT2D eigenvalue weighted by atomic mass is 16.5. The molecule has 0 bridgehead atoms. The lowest BCUT2D eigenvalue weighted by atomic mass is 10.0. The van der Waals surface area contributed by atoms with Crippen molar-refractivity contribution in [3.8, 4) is 34.1 Å². The molecule has 0 aliphatic carbocycles. The molecular weight excluding hydrogens is 490 g/mol. The number of aryl methyl sites for hydroxylation is 2. The van der Waals surface area contributed by atoms with Gasteiger partial charge in [0.25, 0.3) is 0 Å². The van der Waals surface area contributed by atoms with Gasteiger partial charge in [-0.15, -0.1) is 0 Å². The van der Waals surface area contributed by atoms with E-state index in [2.05, 4.69) is 68.6 Å². The molecule has 0 atom stereocenters. The smallest absolute Gasteiger partial charge is 0.159 e. The second kappa shape index (κ2) is 11.3. The number of ether oxygens (including phenoxy) is 3. The van der Waals surface area contributed by atoms with Gasteiger partial charge in [-0.3, -0.25) is 10.00 Å². The van der Waals surface area contributed by atoms with Crippen LogP contribution in [0.2, 0.25) is 0 Å². The summed E-state index contributed by atoms with van der Waals surface area (Å²) in [6.45, 7) is 4.53. The molecule has 0 unspecified atom stereocenters. The van der Waals surface area contributed by atoms with Gasteiger partial charge in [-0.25, -0.2) is 4.98 Å².